The van der Waals surface area contributed by atoms with E-state index in [1.165, 1.54) is 7.11 Å². The highest BCUT2D eigenvalue weighted by atomic mass is 32.2. The smallest absolute Gasteiger partial charge is 0.265 e. The summed E-state index contributed by atoms with van der Waals surface area (Å²) in [6, 6.07) is 9.11. The molecule has 2 heterocycles. The zero-order valence-electron chi connectivity index (χ0n) is 13.2. The average Bonchev–Trinajstić information content (AvgIpc) is 2.56. The first kappa shape index (κ1) is 17.5. The molecule has 0 amide bonds. The lowest BCUT2D eigenvalue weighted by molar-refractivity contribution is -0.311. The van der Waals surface area contributed by atoms with Crippen LogP contribution in [0.2, 0.25) is 0 Å². The molecule has 0 aliphatic carbocycles. The third-order valence-electron chi connectivity index (χ3n) is 3.72. The summed E-state index contributed by atoms with van der Waals surface area (Å²) >= 11 is 0. The molecule has 0 radical (unpaired) electrons. The van der Waals surface area contributed by atoms with Crippen LogP contribution < -0.4 is 0 Å². The number of fused-ring (bicyclic) bond motifs is 1. The van der Waals surface area contributed by atoms with E-state index in [9.17, 15) is 13.2 Å². The van der Waals surface area contributed by atoms with Gasteiger partial charge < -0.3 is 18.9 Å². The van der Waals surface area contributed by atoms with Crippen molar-refractivity contribution in [3.05, 3.63) is 35.9 Å². The van der Waals surface area contributed by atoms with Crippen molar-refractivity contribution in [2.45, 2.75) is 30.9 Å². The Labute approximate surface area is 139 Å². The molecule has 0 spiro atoms. The topological polar surface area (TPSA) is 97.4 Å². The van der Waals surface area contributed by atoms with Crippen molar-refractivity contribution in [3.8, 4) is 0 Å². The van der Waals surface area contributed by atoms with Crippen LogP contribution >= 0.6 is 0 Å². The summed E-state index contributed by atoms with van der Waals surface area (Å²) in [5.74, 6) is -0.548. The number of hydrogen-bond donors (Lipinski definition) is 0. The van der Waals surface area contributed by atoms with Gasteiger partial charge in [0, 0.05) is 12.7 Å². The fourth-order valence-electron chi connectivity index (χ4n) is 2.68. The van der Waals surface area contributed by atoms with Crippen molar-refractivity contribution < 1.29 is 36.3 Å². The van der Waals surface area contributed by atoms with Crippen molar-refractivity contribution in [1.29, 1.82) is 0 Å². The van der Waals surface area contributed by atoms with Crippen molar-refractivity contribution in [2.24, 2.45) is 0 Å². The maximum Gasteiger partial charge on any atom is 0.265 e. The molecule has 5 atom stereocenters. The van der Waals surface area contributed by atoms with E-state index in [0.29, 0.717) is 0 Å². The summed E-state index contributed by atoms with van der Waals surface area (Å²) in [6.45, 7) is 0.113. The van der Waals surface area contributed by atoms with Crippen LogP contribution in [0, 0.1) is 0 Å². The van der Waals surface area contributed by atoms with Crippen LogP contribution in [0.25, 0.3) is 0 Å². The lowest BCUT2D eigenvalue weighted by Crippen LogP contribution is -2.60. The van der Waals surface area contributed by atoms with E-state index in [0.717, 1.165) is 11.8 Å². The van der Waals surface area contributed by atoms with Crippen LogP contribution in [-0.2, 0) is 38.0 Å². The van der Waals surface area contributed by atoms with Gasteiger partial charge in [0.05, 0.1) is 12.9 Å². The van der Waals surface area contributed by atoms with E-state index in [1.54, 1.807) is 0 Å². The molecule has 2 aliphatic heterocycles. The van der Waals surface area contributed by atoms with Gasteiger partial charge in [-0.3, -0.25) is 8.98 Å². The van der Waals surface area contributed by atoms with Gasteiger partial charge in [0.1, 0.15) is 6.10 Å². The number of carbonyl (C=O) groups is 1. The molecule has 1 unspecified atom stereocenters. The van der Waals surface area contributed by atoms with Gasteiger partial charge in [-0.25, -0.2) is 0 Å². The Bertz CT molecular complexity index is 689. The van der Waals surface area contributed by atoms with Crippen LogP contribution in [0.5, 0.6) is 0 Å². The molecular weight excluding hydrogens is 340 g/mol. The Balaban J connectivity index is 1.80. The second-order valence-electron chi connectivity index (χ2n) is 5.53. The molecule has 3 rings (SSSR count). The fraction of sp³-hybridized carbons (Fsp3) is 0.533. The molecule has 1 aromatic carbocycles. The van der Waals surface area contributed by atoms with Crippen LogP contribution in [0.3, 0.4) is 0 Å². The second kappa shape index (κ2) is 6.87. The first-order chi connectivity index (χ1) is 11.4. The van der Waals surface area contributed by atoms with Gasteiger partial charge in [0.2, 0.25) is 0 Å². The van der Waals surface area contributed by atoms with Gasteiger partial charge in [0.25, 0.3) is 10.1 Å². The van der Waals surface area contributed by atoms with E-state index < -0.39 is 46.8 Å². The largest absolute Gasteiger partial charge is 0.353 e. The molecule has 2 saturated heterocycles. The number of rotatable bonds is 4. The number of Topliss-reactive ketones (excluding diaryl/α,β-unsaturated/α-hetero) is 1. The van der Waals surface area contributed by atoms with Gasteiger partial charge in [-0.1, -0.05) is 30.3 Å². The summed E-state index contributed by atoms with van der Waals surface area (Å²) in [6.07, 6.45) is -4.13. The molecule has 9 heteroatoms. The molecule has 8 nitrogen and oxygen atoms in total. The Morgan fingerprint density at radius 3 is 2.50 bits per heavy atom. The van der Waals surface area contributed by atoms with Crippen LogP contribution in [0.1, 0.15) is 11.9 Å². The van der Waals surface area contributed by atoms with E-state index in [1.807, 2.05) is 30.3 Å². The minimum absolute atomic E-state index is 0.113. The quantitative estimate of drug-likeness (QED) is 0.713. The zero-order valence-corrected chi connectivity index (χ0v) is 14.0. The number of ketones is 1. The highest BCUT2D eigenvalue weighted by molar-refractivity contribution is 7.86. The molecule has 0 N–H and O–H groups in total. The van der Waals surface area contributed by atoms with Crippen LogP contribution in [0.15, 0.2) is 30.3 Å². The maximum absolute atomic E-state index is 12.7. The standard InChI is InChI=1S/C15H18O8S/c1-19-15-13(23-24(2,17)18)11(16)12-10(21-15)8-20-14(22-12)9-6-4-3-5-7-9/h3-7,10,12-15H,8H2,1-2H3/t10-,12-,13-,14?,15+/m1/s1. The Kier molecular flexibility index (Phi) is 5.00. The molecule has 0 aromatic heterocycles. The van der Waals surface area contributed by atoms with Gasteiger partial charge in [-0.2, -0.15) is 8.42 Å². The van der Waals surface area contributed by atoms with Gasteiger partial charge >= 0.3 is 0 Å². The van der Waals surface area contributed by atoms with Crippen LogP contribution in [-0.4, -0.2) is 58.8 Å². The summed E-state index contributed by atoms with van der Waals surface area (Å²) in [5.41, 5.74) is 0.748. The number of ether oxygens (including phenoxy) is 4. The molecule has 0 bridgehead atoms. The van der Waals surface area contributed by atoms with E-state index in [4.69, 9.17) is 23.1 Å². The summed E-state index contributed by atoms with van der Waals surface area (Å²) in [4.78, 5) is 12.7. The van der Waals surface area contributed by atoms with Crippen molar-refractivity contribution in [3.63, 3.8) is 0 Å². The predicted molar refractivity (Wildman–Crippen MR) is 80.4 cm³/mol. The SMILES string of the molecule is CO[C@H]1O[C@@H]2COC(c3ccccc3)O[C@H]2C(=O)[C@H]1OS(C)(=O)=O. The first-order valence-corrected chi connectivity index (χ1v) is 9.13. The Hall–Kier alpha value is -1.36. The molecule has 1 aromatic rings. The van der Waals surface area contributed by atoms with Gasteiger partial charge in [-0.05, 0) is 0 Å². The fourth-order valence-corrected chi connectivity index (χ4v) is 3.24. The third kappa shape index (κ3) is 3.66. The van der Waals surface area contributed by atoms with Crippen molar-refractivity contribution in [2.75, 3.05) is 20.0 Å². The summed E-state index contributed by atoms with van der Waals surface area (Å²) < 4.78 is 49.5. The predicted octanol–water partition coefficient (Wildman–Crippen LogP) is 0.386. The molecule has 132 valence electrons. The van der Waals surface area contributed by atoms with Crippen molar-refractivity contribution >= 4 is 15.9 Å². The second-order valence-corrected chi connectivity index (χ2v) is 7.14. The monoisotopic (exact) mass is 358 g/mol. The van der Waals surface area contributed by atoms with E-state index in [2.05, 4.69) is 0 Å². The average molecular weight is 358 g/mol. The molecule has 2 fully saturated rings. The molecular formula is C15H18O8S. The van der Waals surface area contributed by atoms with Crippen LogP contribution in [0.4, 0.5) is 0 Å². The van der Waals surface area contributed by atoms with E-state index >= 15 is 0 Å². The molecule has 2 aliphatic rings. The first-order valence-electron chi connectivity index (χ1n) is 7.31. The zero-order chi connectivity index (χ0) is 17.3. The normalized spacial score (nSPS) is 33.9. The van der Waals surface area contributed by atoms with Gasteiger partial charge in [-0.15, -0.1) is 0 Å². The lowest BCUT2D eigenvalue weighted by atomic mass is 9.99. The van der Waals surface area contributed by atoms with Crippen molar-refractivity contribution in [1.82, 2.24) is 0 Å². The maximum atomic E-state index is 12.7. The number of methoxy groups -OCH3 is 1. The van der Waals surface area contributed by atoms with Gasteiger partial charge in [0.15, 0.2) is 30.6 Å². The number of benzene rings is 1. The highest BCUT2D eigenvalue weighted by Gasteiger charge is 2.51. The summed E-state index contributed by atoms with van der Waals surface area (Å²) in [5, 5.41) is 0. The third-order valence-corrected chi connectivity index (χ3v) is 4.28. The number of carbonyl (C=O) groups excluding carboxylic acids is 1. The Morgan fingerprint density at radius 2 is 1.88 bits per heavy atom. The minimum Gasteiger partial charge on any atom is -0.353 e. The van der Waals surface area contributed by atoms with E-state index in [-0.39, 0.29) is 6.61 Å². The molecule has 0 saturated carbocycles. The summed E-state index contributed by atoms with van der Waals surface area (Å²) in [7, 11) is -2.57. The Morgan fingerprint density at radius 1 is 1.17 bits per heavy atom. The minimum atomic E-state index is -3.87. The lowest BCUT2D eigenvalue weighted by Gasteiger charge is -2.42. The number of hydrogen-bond acceptors (Lipinski definition) is 8. The highest BCUT2D eigenvalue weighted by Crippen LogP contribution is 2.33. The molecule has 24 heavy (non-hydrogen) atoms.